The van der Waals surface area contributed by atoms with Crippen LogP contribution in [0.5, 0.6) is 0 Å². The van der Waals surface area contributed by atoms with E-state index in [1.807, 2.05) is 0 Å². The van der Waals surface area contributed by atoms with E-state index in [0.29, 0.717) is 21.3 Å². The number of hydrogen-bond donors (Lipinski definition) is 0. The van der Waals surface area contributed by atoms with Crippen molar-refractivity contribution in [3.05, 3.63) is 88.0 Å². The normalized spacial score (nSPS) is 14.3. The van der Waals surface area contributed by atoms with Crippen LogP contribution < -0.4 is 16.4 Å². The van der Waals surface area contributed by atoms with Gasteiger partial charge in [0, 0.05) is 21.3 Å². The van der Waals surface area contributed by atoms with Gasteiger partial charge in [0.05, 0.1) is 33.4 Å². The van der Waals surface area contributed by atoms with E-state index in [1.54, 1.807) is 0 Å². The van der Waals surface area contributed by atoms with Gasteiger partial charge in [-0.15, -0.1) is 0 Å². The molecule has 0 radical (unpaired) electrons. The van der Waals surface area contributed by atoms with Crippen molar-refractivity contribution in [2.24, 2.45) is 0 Å². The van der Waals surface area contributed by atoms with Crippen molar-refractivity contribution in [1.82, 2.24) is 0 Å². The van der Waals surface area contributed by atoms with Gasteiger partial charge < -0.3 is 13.3 Å². The van der Waals surface area contributed by atoms with E-state index in [-0.39, 0.29) is 36.4 Å². The van der Waals surface area contributed by atoms with Crippen molar-refractivity contribution >= 4 is 30.8 Å². The lowest BCUT2D eigenvalue weighted by Gasteiger charge is -2.53. The third-order valence-corrected chi connectivity index (χ3v) is 11.5. The summed E-state index contributed by atoms with van der Waals surface area (Å²) in [5.74, 6) is 0. The smallest absolute Gasteiger partial charge is 0.401 e. The summed E-state index contributed by atoms with van der Waals surface area (Å²) in [4.78, 5) is 0. The summed E-state index contributed by atoms with van der Waals surface area (Å²) in [5, 5.41) is 0. The molecule has 0 aliphatic carbocycles. The van der Waals surface area contributed by atoms with E-state index >= 15 is 0 Å². The first-order valence-corrected chi connectivity index (χ1v) is 14.9. The lowest BCUT2D eigenvalue weighted by molar-refractivity contribution is -0.144. The first-order valence-electron chi connectivity index (χ1n) is 13.1. The zero-order valence-corrected chi connectivity index (χ0v) is 25.8. The summed E-state index contributed by atoms with van der Waals surface area (Å²) in [6, 6.07) is -3.44. The first kappa shape index (κ1) is 41.0. The van der Waals surface area contributed by atoms with E-state index in [9.17, 15) is 79.0 Å². The fraction of sp³-hybridized carbons (Fsp3) is 0.333. The molecule has 50 heavy (non-hydrogen) atoms. The van der Waals surface area contributed by atoms with Crippen LogP contribution in [0.15, 0.2) is 54.6 Å². The van der Waals surface area contributed by atoms with Crippen molar-refractivity contribution < 1.29 is 92.3 Å². The van der Waals surface area contributed by atoms with Crippen molar-refractivity contribution in [1.29, 1.82) is 0 Å². The largest absolute Gasteiger partial charge is 0.416 e. The average molecular weight is 771 g/mol. The highest BCUT2D eigenvalue weighted by Gasteiger charge is 2.58. The zero-order valence-electron chi connectivity index (χ0n) is 24.8. The molecule has 23 heteroatoms. The van der Waals surface area contributed by atoms with Gasteiger partial charge in [-0.3, -0.25) is 0 Å². The van der Waals surface area contributed by atoms with Crippen LogP contribution in [0.4, 0.5) is 79.0 Å². The van der Waals surface area contributed by atoms with Crippen LogP contribution in [0.25, 0.3) is 0 Å². The summed E-state index contributed by atoms with van der Waals surface area (Å²) in [7, 11) is -4.46. The van der Waals surface area contributed by atoms with E-state index in [0.717, 1.165) is 0 Å². The van der Waals surface area contributed by atoms with Gasteiger partial charge in [0.25, 0.3) is 0 Å². The number of benzene rings is 3. The maximum atomic E-state index is 14.1. The second kappa shape index (κ2) is 13.0. The predicted octanol–water partition coefficient (Wildman–Crippen LogP) is 8.23. The van der Waals surface area contributed by atoms with E-state index < -0.39 is 119 Å². The Morgan fingerprint density at radius 3 is 0.620 bits per heavy atom. The van der Waals surface area contributed by atoms with Gasteiger partial charge in [-0.2, -0.15) is 95.4 Å². The summed E-state index contributed by atoms with van der Waals surface area (Å²) in [5.41, 5.74) is -24.0. The summed E-state index contributed by atoms with van der Waals surface area (Å²) >= 11 is 0. The Morgan fingerprint density at radius 1 is 0.340 bits per heavy atom. The highest BCUT2D eigenvalue weighted by atomic mass is 28.4. The Kier molecular flexibility index (Phi) is 10.6. The Bertz CT molecular complexity index is 1410. The molecule has 0 heterocycles. The topological polar surface area (TPSA) is 27.7 Å². The Labute approximate surface area is 269 Å². The van der Waals surface area contributed by atoms with Crippen molar-refractivity contribution in [3.63, 3.8) is 0 Å². The Hall–Kier alpha value is -3.44. The highest BCUT2D eigenvalue weighted by molar-refractivity contribution is 7.51. The van der Waals surface area contributed by atoms with Crippen molar-refractivity contribution in [2.75, 3.05) is 21.3 Å². The van der Waals surface area contributed by atoms with Gasteiger partial charge in [0.2, 0.25) is 0 Å². The molecule has 3 aromatic rings. The van der Waals surface area contributed by atoms with Crippen molar-refractivity contribution in [2.45, 2.75) is 37.1 Å². The van der Waals surface area contributed by atoms with E-state index in [2.05, 4.69) is 0 Å². The minimum atomic E-state index is -5.85. The molecule has 0 spiro atoms. The third kappa shape index (κ3) is 7.73. The maximum absolute atomic E-state index is 14.1. The molecule has 0 fully saturated rings. The summed E-state index contributed by atoms with van der Waals surface area (Å²) in [6.45, 7) is 0. The SMILES string of the molecule is CO[Si](OC)(OC)[B-](c1cc(C(F)(F)F)cc(C(F)(F)F)c1)(c1cc(C(F)(F)F)cc(C(F)(F)F)c1)c1cc(C(F)(F)F)cc(C(F)(F)F)c1. The molecular formula is C27H18BF18O3Si-. The first-order chi connectivity index (χ1) is 22.4. The maximum Gasteiger partial charge on any atom is 0.416 e. The molecule has 0 aliphatic heterocycles. The van der Waals surface area contributed by atoms with Crippen LogP contribution in [0.3, 0.4) is 0 Å². The van der Waals surface area contributed by atoms with Crippen molar-refractivity contribution in [3.8, 4) is 0 Å². The average Bonchev–Trinajstić information content (AvgIpc) is 2.96. The van der Waals surface area contributed by atoms with E-state index in [4.69, 9.17) is 13.3 Å². The molecular weight excluding hydrogens is 753 g/mol. The van der Waals surface area contributed by atoms with Crippen LogP contribution >= 0.6 is 0 Å². The number of halogens is 18. The Balaban J connectivity index is 2.98. The molecule has 0 aromatic heterocycles. The van der Waals surface area contributed by atoms with E-state index in [1.165, 1.54) is 0 Å². The molecule has 0 atom stereocenters. The fourth-order valence-electron chi connectivity index (χ4n) is 5.66. The van der Waals surface area contributed by atoms with Crippen LogP contribution in [0.1, 0.15) is 33.4 Å². The van der Waals surface area contributed by atoms with Crippen LogP contribution in [-0.2, 0) is 50.3 Å². The number of rotatable bonds is 7. The number of alkyl halides is 18. The summed E-state index contributed by atoms with van der Waals surface area (Å²) in [6.07, 6.45) is -34.9. The van der Waals surface area contributed by atoms with Gasteiger partial charge in [-0.05, 0) is 18.2 Å². The Morgan fingerprint density at radius 2 is 0.500 bits per heavy atom. The minimum Gasteiger partial charge on any atom is -0.401 e. The molecule has 3 rings (SSSR count). The molecule has 0 unspecified atom stereocenters. The number of hydrogen-bond acceptors (Lipinski definition) is 3. The molecule has 0 saturated carbocycles. The monoisotopic (exact) mass is 771 g/mol. The molecule has 0 N–H and O–H groups in total. The minimum absolute atomic E-state index is 0.297. The van der Waals surface area contributed by atoms with Gasteiger partial charge in [0.15, 0.2) is 5.74 Å². The molecule has 0 bridgehead atoms. The van der Waals surface area contributed by atoms with Gasteiger partial charge in [-0.1, -0.05) is 36.4 Å². The highest BCUT2D eigenvalue weighted by Crippen LogP contribution is 2.41. The van der Waals surface area contributed by atoms with Gasteiger partial charge in [-0.25, -0.2) is 0 Å². The van der Waals surface area contributed by atoms with Crippen LogP contribution in [-0.4, -0.2) is 35.7 Å². The molecule has 0 aliphatic rings. The molecule has 278 valence electrons. The lowest BCUT2D eigenvalue weighted by Crippen LogP contribution is -2.85. The fourth-order valence-corrected chi connectivity index (χ4v) is 8.94. The standard InChI is InChI=1S/C27H18BF18O3Si/c1-47-50(48-2,49-3)28(19-7-13(22(29,30)31)4-14(8-19)23(32,33)34,20-9-15(24(35,36)37)5-16(10-20)25(38,39)40)21-11-17(26(41,42)43)6-18(12-21)27(44,45)46/h4-12H,1-3H3/q-1. The van der Waals surface area contributed by atoms with Gasteiger partial charge >= 0.3 is 45.7 Å². The van der Waals surface area contributed by atoms with Gasteiger partial charge in [0.1, 0.15) is 0 Å². The summed E-state index contributed by atoms with van der Waals surface area (Å²) < 4.78 is 270. The second-order valence-electron chi connectivity index (χ2n) is 10.6. The third-order valence-electron chi connectivity index (χ3n) is 7.71. The molecule has 0 saturated heterocycles. The molecule has 3 aromatic carbocycles. The quantitative estimate of drug-likeness (QED) is 0.179. The molecule has 0 amide bonds. The zero-order chi connectivity index (χ0) is 38.7. The molecule has 3 nitrogen and oxygen atoms in total. The van der Waals surface area contributed by atoms with Crippen LogP contribution in [0, 0.1) is 0 Å². The lowest BCUT2D eigenvalue weighted by atomic mass is 9.33. The van der Waals surface area contributed by atoms with Crippen LogP contribution in [0.2, 0.25) is 0 Å². The predicted molar refractivity (Wildman–Crippen MR) is 141 cm³/mol. The second-order valence-corrected chi connectivity index (χ2v) is 13.9.